The predicted molar refractivity (Wildman–Crippen MR) is 96.0 cm³/mol. The number of piperidine rings is 1. The molecule has 2 N–H and O–H groups in total. The van der Waals surface area contributed by atoms with Gasteiger partial charge in [-0.2, -0.15) is 0 Å². The zero-order chi connectivity index (χ0) is 17.4. The second-order valence-electron chi connectivity index (χ2n) is 6.49. The summed E-state index contributed by atoms with van der Waals surface area (Å²) in [5.41, 5.74) is 1.05. The third-order valence-electron chi connectivity index (χ3n) is 4.66. The van der Waals surface area contributed by atoms with Crippen LogP contribution in [0.15, 0.2) is 40.1 Å². The Hall–Kier alpha value is -2.83. The highest BCUT2D eigenvalue weighted by Gasteiger charge is 2.29. The first-order chi connectivity index (χ1) is 12.1. The Bertz CT molecular complexity index is 883. The molecule has 1 aromatic heterocycles. The average molecular weight is 339 g/mol. The van der Waals surface area contributed by atoms with Gasteiger partial charge in [0, 0.05) is 30.4 Å². The second kappa shape index (κ2) is 6.23. The van der Waals surface area contributed by atoms with Crippen LogP contribution in [0.4, 0.5) is 5.95 Å². The van der Waals surface area contributed by atoms with E-state index in [1.165, 1.54) is 17.1 Å². The first-order valence-corrected chi connectivity index (χ1v) is 8.61. The van der Waals surface area contributed by atoms with Crippen LogP contribution >= 0.6 is 0 Å². The Labute approximate surface area is 145 Å². The summed E-state index contributed by atoms with van der Waals surface area (Å²) in [6.07, 6.45) is 2.83. The normalized spacial score (nSPS) is 19.8. The van der Waals surface area contributed by atoms with E-state index in [0.717, 1.165) is 25.9 Å². The van der Waals surface area contributed by atoms with E-state index in [1.807, 2.05) is 6.07 Å². The Balaban J connectivity index is 1.85. The number of phenolic OH excluding ortho intramolecular Hbond substituents is 1. The maximum atomic E-state index is 12.6. The largest absolute Gasteiger partial charge is 0.508 e. The molecule has 4 rings (SSSR count). The molecule has 0 radical (unpaired) electrons. The standard InChI is InChI=1S/C18H21N5O2/c1-12-11-15(25)23-16(13-7-3-4-8-14(13)24)20-17(21-18(23)19-12)22-9-5-2-6-10-22/h3-4,7-8,11,16,24H,2,5-6,9-10H2,1H3,(H,19,20,21)/t16-/m1/s1. The van der Waals surface area contributed by atoms with E-state index in [1.54, 1.807) is 25.1 Å². The van der Waals surface area contributed by atoms with Crippen molar-refractivity contribution in [2.75, 3.05) is 18.4 Å². The fourth-order valence-electron chi connectivity index (χ4n) is 3.42. The number of nitrogens with one attached hydrogen (secondary N) is 1. The summed E-state index contributed by atoms with van der Waals surface area (Å²) in [6, 6.07) is 8.48. The highest BCUT2D eigenvalue weighted by Crippen LogP contribution is 2.31. The Morgan fingerprint density at radius 3 is 2.72 bits per heavy atom. The first kappa shape index (κ1) is 15.7. The van der Waals surface area contributed by atoms with Crippen LogP contribution in [-0.2, 0) is 0 Å². The summed E-state index contributed by atoms with van der Waals surface area (Å²) < 4.78 is 1.50. The van der Waals surface area contributed by atoms with Crippen LogP contribution in [0.5, 0.6) is 5.75 Å². The van der Waals surface area contributed by atoms with Crippen LogP contribution in [-0.4, -0.2) is 38.6 Å². The lowest BCUT2D eigenvalue weighted by molar-refractivity contribution is 0.335. The van der Waals surface area contributed by atoms with E-state index in [4.69, 9.17) is 4.99 Å². The molecule has 1 saturated heterocycles. The number of rotatable bonds is 1. The van der Waals surface area contributed by atoms with Gasteiger partial charge in [0.25, 0.3) is 5.56 Å². The summed E-state index contributed by atoms with van der Waals surface area (Å²) in [6.45, 7) is 3.65. The number of para-hydroxylation sites is 1. The molecule has 25 heavy (non-hydrogen) atoms. The number of aromatic nitrogens is 2. The predicted octanol–water partition coefficient (Wildman–Crippen LogP) is 2.07. The second-order valence-corrected chi connectivity index (χ2v) is 6.49. The maximum Gasteiger partial charge on any atom is 0.257 e. The van der Waals surface area contributed by atoms with Gasteiger partial charge in [0.2, 0.25) is 11.9 Å². The quantitative estimate of drug-likeness (QED) is 0.831. The maximum absolute atomic E-state index is 12.6. The summed E-state index contributed by atoms with van der Waals surface area (Å²) in [5, 5.41) is 13.5. The number of fused-ring (bicyclic) bond motifs is 1. The molecule has 130 valence electrons. The lowest BCUT2D eigenvalue weighted by Gasteiger charge is -2.34. The Morgan fingerprint density at radius 2 is 1.96 bits per heavy atom. The molecule has 0 amide bonds. The van der Waals surface area contributed by atoms with Crippen molar-refractivity contribution in [1.82, 2.24) is 14.5 Å². The number of benzene rings is 1. The van der Waals surface area contributed by atoms with Gasteiger partial charge >= 0.3 is 0 Å². The number of guanidine groups is 1. The smallest absolute Gasteiger partial charge is 0.257 e. The zero-order valence-electron chi connectivity index (χ0n) is 14.1. The molecule has 1 fully saturated rings. The highest BCUT2D eigenvalue weighted by molar-refractivity contribution is 5.93. The van der Waals surface area contributed by atoms with E-state index in [0.29, 0.717) is 23.2 Å². The first-order valence-electron chi connectivity index (χ1n) is 8.61. The van der Waals surface area contributed by atoms with Crippen molar-refractivity contribution in [2.24, 2.45) is 4.99 Å². The van der Waals surface area contributed by atoms with Crippen LogP contribution < -0.4 is 10.9 Å². The molecule has 7 heteroatoms. The van der Waals surface area contributed by atoms with E-state index in [-0.39, 0.29) is 11.3 Å². The number of hydrogen-bond acceptors (Lipinski definition) is 6. The third kappa shape index (κ3) is 2.86. The van der Waals surface area contributed by atoms with Gasteiger partial charge in [-0.1, -0.05) is 18.2 Å². The molecule has 2 aliphatic heterocycles. The molecule has 0 saturated carbocycles. The summed E-state index contributed by atoms with van der Waals surface area (Å²) >= 11 is 0. The molecule has 2 aliphatic rings. The minimum absolute atomic E-state index is 0.120. The van der Waals surface area contributed by atoms with Gasteiger partial charge in [-0.15, -0.1) is 0 Å². The van der Waals surface area contributed by atoms with E-state index < -0.39 is 6.17 Å². The number of nitrogens with zero attached hydrogens (tertiary/aromatic N) is 4. The number of likely N-dealkylation sites (tertiary alicyclic amines) is 1. The molecule has 7 nitrogen and oxygen atoms in total. The van der Waals surface area contributed by atoms with Crippen molar-refractivity contribution in [3.05, 3.63) is 51.9 Å². The number of anilines is 1. The number of phenols is 1. The molecule has 1 aromatic carbocycles. The summed E-state index contributed by atoms with van der Waals surface area (Å²) in [5.74, 6) is 1.30. The number of hydrogen-bond donors (Lipinski definition) is 2. The molecular formula is C18H21N5O2. The molecule has 2 aromatic rings. The van der Waals surface area contributed by atoms with Crippen LogP contribution in [0.3, 0.4) is 0 Å². The minimum atomic E-state index is -0.630. The monoisotopic (exact) mass is 339 g/mol. The molecule has 0 bridgehead atoms. The Morgan fingerprint density at radius 1 is 1.20 bits per heavy atom. The van der Waals surface area contributed by atoms with Crippen molar-refractivity contribution < 1.29 is 5.11 Å². The SMILES string of the molecule is Cc1cc(=O)n2c(n1)NC(N1CCCCC1)=N[C@H]2c1ccccc1O. The van der Waals surface area contributed by atoms with Crippen molar-refractivity contribution in [3.8, 4) is 5.75 Å². The van der Waals surface area contributed by atoms with Gasteiger partial charge in [-0.3, -0.25) is 14.7 Å². The van der Waals surface area contributed by atoms with Crippen molar-refractivity contribution in [2.45, 2.75) is 32.4 Å². The van der Waals surface area contributed by atoms with Crippen LogP contribution in [0, 0.1) is 6.92 Å². The molecule has 0 spiro atoms. The van der Waals surface area contributed by atoms with Gasteiger partial charge in [0.1, 0.15) is 5.75 Å². The van der Waals surface area contributed by atoms with Crippen molar-refractivity contribution in [3.63, 3.8) is 0 Å². The summed E-state index contributed by atoms with van der Waals surface area (Å²) in [4.78, 5) is 24.0. The van der Waals surface area contributed by atoms with E-state index >= 15 is 0 Å². The van der Waals surface area contributed by atoms with Crippen molar-refractivity contribution >= 4 is 11.9 Å². The summed E-state index contributed by atoms with van der Waals surface area (Å²) in [7, 11) is 0. The lowest BCUT2D eigenvalue weighted by Crippen LogP contribution is -2.45. The highest BCUT2D eigenvalue weighted by atomic mass is 16.3. The van der Waals surface area contributed by atoms with Gasteiger partial charge in [-0.05, 0) is 32.3 Å². The van der Waals surface area contributed by atoms with Crippen molar-refractivity contribution in [1.29, 1.82) is 0 Å². The van der Waals surface area contributed by atoms with Gasteiger partial charge in [-0.25, -0.2) is 9.98 Å². The van der Waals surface area contributed by atoms with Gasteiger partial charge < -0.3 is 10.0 Å². The van der Waals surface area contributed by atoms with E-state index in [9.17, 15) is 9.90 Å². The van der Waals surface area contributed by atoms with E-state index in [2.05, 4.69) is 15.2 Å². The Kier molecular flexibility index (Phi) is 3.91. The topological polar surface area (TPSA) is 82.8 Å². The molecule has 0 aliphatic carbocycles. The lowest BCUT2D eigenvalue weighted by atomic mass is 10.1. The zero-order valence-corrected chi connectivity index (χ0v) is 14.1. The minimum Gasteiger partial charge on any atom is -0.508 e. The van der Waals surface area contributed by atoms with Gasteiger partial charge in [0.15, 0.2) is 6.17 Å². The van der Waals surface area contributed by atoms with Crippen LogP contribution in [0.1, 0.15) is 36.7 Å². The third-order valence-corrected chi connectivity index (χ3v) is 4.66. The van der Waals surface area contributed by atoms with Crippen LogP contribution in [0.2, 0.25) is 0 Å². The number of aryl methyl sites for hydroxylation is 1. The number of aromatic hydroxyl groups is 1. The average Bonchev–Trinajstić information content (AvgIpc) is 2.61. The molecular weight excluding hydrogens is 318 g/mol. The molecule has 0 unspecified atom stereocenters. The number of aliphatic imine (C=N–C) groups is 1. The fourth-order valence-corrected chi connectivity index (χ4v) is 3.42. The molecule has 1 atom stereocenters. The fraction of sp³-hybridized carbons (Fsp3) is 0.389. The van der Waals surface area contributed by atoms with Gasteiger partial charge in [0.05, 0.1) is 0 Å². The molecule has 3 heterocycles. The van der Waals surface area contributed by atoms with Crippen LogP contribution in [0.25, 0.3) is 0 Å².